The first kappa shape index (κ1) is 30.2. The van der Waals surface area contributed by atoms with Crippen molar-refractivity contribution in [3.63, 3.8) is 0 Å². The molecule has 0 saturated carbocycles. The number of benzene rings is 6. The second-order valence-corrected chi connectivity index (χ2v) is 10.8. The van der Waals surface area contributed by atoms with E-state index in [4.69, 9.17) is 0 Å². The molecule has 0 amide bonds. The van der Waals surface area contributed by atoms with Gasteiger partial charge in [-0.05, 0) is 106 Å². The number of halogens is 3. The minimum atomic E-state index is -0.254. The first-order chi connectivity index (χ1) is 22.5. The molecule has 0 N–H and O–H groups in total. The van der Waals surface area contributed by atoms with Crippen LogP contribution in [0.2, 0.25) is 0 Å². The molecule has 46 heavy (non-hydrogen) atoms. The summed E-state index contributed by atoms with van der Waals surface area (Å²) in [6, 6.07) is 44.0. The van der Waals surface area contributed by atoms with Crippen molar-refractivity contribution in [1.82, 2.24) is 0 Å². The second kappa shape index (κ2) is 14.3. The molecule has 0 fully saturated rings. The van der Waals surface area contributed by atoms with E-state index < -0.39 is 0 Å². The van der Waals surface area contributed by atoms with Gasteiger partial charge in [-0.1, -0.05) is 109 Å². The van der Waals surface area contributed by atoms with E-state index in [0.717, 1.165) is 50.4 Å². The minimum Gasteiger partial charge on any atom is -0.311 e. The lowest BCUT2D eigenvalue weighted by Crippen LogP contribution is -2.09. The number of hydrogen-bond donors (Lipinski definition) is 0. The Bertz CT molecular complexity index is 1720. The van der Waals surface area contributed by atoms with Crippen molar-refractivity contribution in [2.75, 3.05) is 4.90 Å². The van der Waals surface area contributed by atoms with E-state index in [1.165, 1.54) is 36.4 Å². The van der Waals surface area contributed by atoms with Gasteiger partial charge in [-0.3, -0.25) is 0 Å². The zero-order valence-corrected chi connectivity index (χ0v) is 24.9. The molecule has 6 aromatic carbocycles. The Hall–Kier alpha value is -5.87. The summed E-state index contributed by atoms with van der Waals surface area (Å²) in [7, 11) is 0. The monoisotopic (exact) mass is 605 g/mol. The molecule has 4 heteroatoms. The van der Waals surface area contributed by atoms with E-state index in [0.29, 0.717) is 0 Å². The number of anilines is 3. The van der Waals surface area contributed by atoms with Gasteiger partial charge in [0.1, 0.15) is 17.5 Å². The maximum Gasteiger partial charge on any atom is 0.123 e. The zero-order valence-electron chi connectivity index (χ0n) is 24.9. The average Bonchev–Trinajstić information content (AvgIpc) is 3.09. The number of nitrogens with zero attached hydrogens (tertiary/aromatic N) is 1. The van der Waals surface area contributed by atoms with Gasteiger partial charge in [0.25, 0.3) is 0 Å². The van der Waals surface area contributed by atoms with Crippen molar-refractivity contribution in [3.05, 3.63) is 196 Å². The summed E-state index contributed by atoms with van der Waals surface area (Å²) in [4.78, 5) is 2.19. The Balaban J connectivity index is 1.27. The van der Waals surface area contributed by atoms with Gasteiger partial charge in [0.15, 0.2) is 0 Å². The van der Waals surface area contributed by atoms with Crippen LogP contribution in [0.1, 0.15) is 33.4 Å². The highest BCUT2D eigenvalue weighted by Crippen LogP contribution is 2.35. The van der Waals surface area contributed by atoms with Gasteiger partial charge in [-0.25, -0.2) is 13.2 Å². The highest BCUT2D eigenvalue weighted by molar-refractivity contribution is 5.80. The predicted molar refractivity (Wildman–Crippen MR) is 187 cm³/mol. The van der Waals surface area contributed by atoms with Crippen LogP contribution in [-0.4, -0.2) is 0 Å². The van der Waals surface area contributed by atoms with Crippen molar-refractivity contribution in [2.45, 2.75) is 0 Å². The van der Waals surface area contributed by atoms with Crippen LogP contribution < -0.4 is 4.90 Å². The third kappa shape index (κ3) is 7.99. The predicted octanol–water partition coefficient (Wildman–Crippen LogP) is 12.1. The van der Waals surface area contributed by atoms with Crippen LogP contribution in [0.4, 0.5) is 30.2 Å². The highest BCUT2D eigenvalue weighted by atomic mass is 19.1. The molecule has 0 heterocycles. The Morgan fingerprint density at radius 2 is 0.435 bits per heavy atom. The van der Waals surface area contributed by atoms with Gasteiger partial charge < -0.3 is 4.90 Å². The number of hydrogen-bond acceptors (Lipinski definition) is 1. The van der Waals surface area contributed by atoms with Crippen LogP contribution in [0.3, 0.4) is 0 Å². The summed E-state index contributed by atoms with van der Waals surface area (Å²) >= 11 is 0. The van der Waals surface area contributed by atoms with Crippen LogP contribution in [-0.2, 0) is 0 Å². The summed E-state index contributed by atoms with van der Waals surface area (Å²) in [5.41, 5.74) is 8.81. The maximum absolute atomic E-state index is 13.3. The molecule has 0 radical (unpaired) electrons. The van der Waals surface area contributed by atoms with Crippen LogP contribution in [0.15, 0.2) is 146 Å². The summed E-state index contributed by atoms with van der Waals surface area (Å²) in [6.07, 6.45) is 11.9. The topological polar surface area (TPSA) is 3.24 Å². The quantitative estimate of drug-likeness (QED) is 0.148. The maximum atomic E-state index is 13.3. The average molecular weight is 606 g/mol. The van der Waals surface area contributed by atoms with Crippen molar-refractivity contribution in [2.24, 2.45) is 0 Å². The molecule has 6 rings (SSSR count). The molecule has 0 atom stereocenters. The lowest BCUT2D eigenvalue weighted by atomic mass is 10.1. The summed E-state index contributed by atoms with van der Waals surface area (Å²) < 4.78 is 39.8. The molecule has 0 aliphatic carbocycles. The van der Waals surface area contributed by atoms with Crippen molar-refractivity contribution < 1.29 is 13.2 Å². The molecule has 0 aliphatic rings. The third-order valence-electron chi connectivity index (χ3n) is 7.47. The van der Waals surface area contributed by atoms with Crippen LogP contribution in [0.5, 0.6) is 0 Å². The largest absolute Gasteiger partial charge is 0.311 e. The van der Waals surface area contributed by atoms with E-state index in [1.807, 2.05) is 36.5 Å². The van der Waals surface area contributed by atoms with E-state index in [-0.39, 0.29) is 17.5 Å². The number of rotatable bonds is 9. The molecular formula is C42H30F3N. The smallest absolute Gasteiger partial charge is 0.123 e. The molecule has 0 spiro atoms. The van der Waals surface area contributed by atoms with Gasteiger partial charge >= 0.3 is 0 Å². The fourth-order valence-corrected chi connectivity index (χ4v) is 4.95. The Morgan fingerprint density at radius 1 is 0.261 bits per heavy atom. The summed E-state index contributed by atoms with van der Waals surface area (Å²) in [6.45, 7) is 0. The van der Waals surface area contributed by atoms with Gasteiger partial charge in [0.2, 0.25) is 0 Å². The molecule has 0 saturated heterocycles. The van der Waals surface area contributed by atoms with Crippen LogP contribution >= 0.6 is 0 Å². The molecule has 0 bridgehead atoms. The lowest BCUT2D eigenvalue weighted by molar-refractivity contribution is 0.627. The van der Waals surface area contributed by atoms with Gasteiger partial charge in [-0.15, -0.1) is 0 Å². The summed E-state index contributed by atoms with van der Waals surface area (Å²) in [5, 5.41) is 0. The Morgan fingerprint density at radius 3 is 0.630 bits per heavy atom. The minimum absolute atomic E-state index is 0.254. The molecule has 224 valence electrons. The standard InChI is InChI=1S/C42H30F3N/c43-37-19-7-31(8-20-37)1-4-34-13-25-40(26-14-34)46(41-27-15-35(16-28-41)5-2-32-9-21-38(44)22-10-32)42-29-17-36(18-30-42)6-3-33-11-23-39(45)24-12-33/h1-30H. The molecule has 0 aromatic heterocycles. The zero-order chi connectivity index (χ0) is 31.7. The fourth-order valence-electron chi connectivity index (χ4n) is 4.95. The molecule has 1 nitrogen and oxygen atoms in total. The first-order valence-electron chi connectivity index (χ1n) is 14.9. The fraction of sp³-hybridized carbons (Fsp3) is 0. The normalized spacial score (nSPS) is 11.5. The van der Waals surface area contributed by atoms with E-state index >= 15 is 0 Å². The SMILES string of the molecule is Fc1ccc(C=Cc2ccc(N(c3ccc(C=Cc4ccc(F)cc4)cc3)c3ccc(C=Cc4ccc(F)cc4)cc3)cc2)cc1. The van der Waals surface area contributed by atoms with Crippen molar-refractivity contribution in [3.8, 4) is 0 Å². The summed E-state index contributed by atoms with van der Waals surface area (Å²) in [5.74, 6) is -0.763. The first-order valence-corrected chi connectivity index (χ1v) is 14.9. The van der Waals surface area contributed by atoms with E-state index in [1.54, 1.807) is 36.4 Å². The van der Waals surface area contributed by atoms with Crippen molar-refractivity contribution in [1.29, 1.82) is 0 Å². The van der Waals surface area contributed by atoms with Crippen molar-refractivity contribution >= 4 is 53.5 Å². The molecular weight excluding hydrogens is 575 g/mol. The van der Waals surface area contributed by atoms with E-state index in [9.17, 15) is 13.2 Å². The molecule has 0 unspecified atom stereocenters. The van der Waals surface area contributed by atoms with Gasteiger partial charge in [0, 0.05) is 17.1 Å². The Kier molecular flexibility index (Phi) is 9.36. The van der Waals surface area contributed by atoms with Crippen LogP contribution in [0.25, 0.3) is 36.5 Å². The van der Waals surface area contributed by atoms with Crippen LogP contribution in [0, 0.1) is 17.5 Å². The highest BCUT2D eigenvalue weighted by Gasteiger charge is 2.12. The molecule has 0 aliphatic heterocycles. The second-order valence-electron chi connectivity index (χ2n) is 10.8. The van der Waals surface area contributed by atoms with Gasteiger partial charge in [-0.2, -0.15) is 0 Å². The lowest BCUT2D eigenvalue weighted by Gasteiger charge is -2.26. The van der Waals surface area contributed by atoms with Gasteiger partial charge in [0.05, 0.1) is 0 Å². The van der Waals surface area contributed by atoms with E-state index in [2.05, 4.69) is 77.7 Å². The molecule has 6 aromatic rings. The third-order valence-corrected chi connectivity index (χ3v) is 7.47. The Labute approximate surface area is 267 Å².